The molecule has 2 aromatic carbocycles. The zero-order valence-corrected chi connectivity index (χ0v) is 11.2. The molecule has 0 amide bonds. The summed E-state index contributed by atoms with van der Waals surface area (Å²) in [6.45, 7) is 0. The second-order valence-corrected chi connectivity index (χ2v) is 5.32. The van der Waals surface area contributed by atoms with Crippen LogP contribution in [-0.2, 0) is 12.8 Å². The zero-order valence-electron chi connectivity index (χ0n) is 11.2. The lowest BCUT2D eigenvalue weighted by atomic mass is 9.94. The Balaban J connectivity index is 1.86. The number of halogens is 1. The van der Waals surface area contributed by atoms with Gasteiger partial charge in [-0.1, -0.05) is 36.4 Å². The molecule has 0 fully saturated rings. The summed E-state index contributed by atoms with van der Waals surface area (Å²) < 4.78 is 14.1. The lowest BCUT2D eigenvalue weighted by Crippen LogP contribution is -2.12. The van der Waals surface area contributed by atoms with Crippen LogP contribution in [0.3, 0.4) is 0 Å². The second kappa shape index (κ2) is 5.26. The van der Waals surface area contributed by atoms with Crippen LogP contribution in [0.5, 0.6) is 0 Å². The first-order valence-corrected chi connectivity index (χ1v) is 6.75. The van der Waals surface area contributed by atoms with Crippen molar-refractivity contribution in [3.8, 4) is 0 Å². The fraction of sp³-hybridized carbons (Fsp3) is 0.250. The van der Waals surface area contributed by atoms with E-state index in [9.17, 15) is 19.6 Å². The highest BCUT2D eigenvalue weighted by molar-refractivity contribution is 5.39. The summed E-state index contributed by atoms with van der Waals surface area (Å²) in [5.41, 5.74) is 1.69. The quantitative estimate of drug-likeness (QED) is 0.696. The maximum Gasteiger partial charge on any atom is 0.305 e. The molecule has 2 atom stereocenters. The molecule has 1 N–H and O–H groups in total. The molecule has 0 saturated carbocycles. The van der Waals surface area contributed by atoms with Gasteiger partial charge in [0.05, 0.1) is 11.0 Å². The van der Waals surface area contributed by atoms with Gasteiger partial charge in [0.15, 0.2) is 0 Å². The summed E-state index contributed by atoms with van der Waals surface area (Å²) in [5, 5.41) is 21.1. The topological polar surface area (TPSA) is 63.4 Å². The smallest absolute Gasteiger partial charge is 0.305 e. The van der Waals surface area contributed by atoms with Crippen LogP contribution in [0, 0.1) is 21.8 Å². The summed E-state index contributed by atoms with van der Waals surface area (Å²) in [5.74, 6) is -0.954. The molecule has 2 aromatic rings. The molecule has 0 saturated heterocycles. The molecule has 0 aromatic heterocycles. The van der Waals surface area contributed by atoms with E-state index in [2.05, 4.69) is 0 Å². The van der Waals surface area contributed by atoms with Crippen molar-refractivity contribution in [2.75, 3.05) is 0 Å². The number of fused-ring (bicyclic) bond motifs is 1. The van der Waals surface area contributed by atoms with Gasteiger partial charge in [-0.15, -0.1) is 0 Å². The van der Waals surface area contributed by atoms with Crippen molar-refractivity contribution >= 4 is 5.69 Å². The number of nitrogens with zero attached hydrogens (tertiary/aromatic N) is 1. The van der Waals surface area contributed by atoms with Crippen LogP contribution in [0.15, 0.2) is 42.5 Å². The molecule has 1 aliphatic carbocycles. The SMILES string of the molecule is O=[N+]([O-])c1cccc(CC2Cc3ccccc3C2O)c1F. The normalized spacial score (nSPS) is 20.3. The van der Waals surface area contributed by atoms with Crippen molar-refractivity contribution in [2.24, 2.45) is 5.92 Å². The number of hydrogen-bond donors (Lipinski definition) is 1. The van der Waals surface area contributed by atoms with E-state index in [1.165, 1.54) is 12.1 Å². The standard InChI is InChI=1S/C16H14FNO3/c17-15-11(5-3-7-14(15)18(20)21)9-12-8-10-4-1-2-6-13(10)16(12)19/h1-7,12,16,19H,8-9H2. The Hall–Kier alpha value is -2.27. The first-order valence-electron chi connectivity index (χ1n) is 6.75. The van der Waals surface area contributed by atoms with E-state index in [0.29, 0.717) is 6.42 Å². The van der Waals surface area contributed by atoms with Crippen LogP contribution in [0.1, 0.15) is 22.8 Å². The molecule has 0 heterocycles. The summed E-state index contributed by atoms with van der Waals surface area (Å²) in [6, 6.07) is 11.7. The Morgan fingerprint density at radius 2 is 2.00 bits per heavy atom. The van der Waals surface area contributed by atoms with Gasteiger partial charge in [0.25, 0.3) is 0 Å². The molecule has 21 heavy (non-hydrogen) atoms. The van der Waals surface area contributed by atoms with E-state index in [0.717, 1.165) is 17.2 Å². The Morgan fingerprint density at radius 1 is 1.24 bits per heavy atom. The molecule has 5 heteroatoms. The predicted octanol–water partition coefficient (Wildman–Crippen LogP) is 3.18. The largest absolute Gasteiger partial charge is 0.388 e. The van der Waals surface area contributed by atoms with E-state index >= 15 is 0 Å². The number of aliphatic hydroxyl groups excluding tert-OH is 1. The van der Waals surface area contributed by atoms with Crippen LogP contribution >= 0.6 is 0 Å². The molecule has 4 nitrogen and oxygen atoms in total. The van der Waals surface area contributed by atoms with Crippen molar-refractivity contribution in [2.45, 2.75) is 18.9 Å². The Labute approximate surface area is 121 Å². The second-order valence-electron chi connectivity index (χ2n) is 5.32. The van der Waals surface area contributed by atoms with Gasteiger partial charge in [0.2, 0.25) is 5.82 Å². The maximum atomic E-state index is 14.1. The highest BCUT2D eigenvalue weighted by Crippen LogP contribution is 2.38. The predicted molar refractivity (Wildman–Crippen MR) is 75.4 cm³/mol. The zero-order chi connectivity index (χ0) is 15.0. The first kappa shape index (κ1) is 13.7. The van der Waals surface area contributed by atoms with Crippen LogP contribution in [0.25, 0.3) is 0 Å². The molecule has 3 rings (SSSR count). The average Bonchev–Trinajstić information content (AvgIpc) is 2.78. The van der Waals surface area contributed by atoms with Crippen LogP contribution < -0.4 is 0 Å². The van der Waals surface area contributed by atoms with Gasteiger partial charge in [-0.25, -0.2) is 0 Å². The van der Waals surface area contributed by atoms with E-state index < -0.39 is 22.5 Å². The number of aliphatic hydroxyl groups is 1. The van der Waals surface area contributed by atoms with Gasteiger partial charge in [-0.3, -0.25) is 10.1 Å². The molecule has 0 aliphatic heterocycles. The number of benzene rings is 2. The van der Waals surface area contributed by atoms with Crippen LogP contribution in [0.4, 0.5) is 10.1 Å². The Morgan fingerprint density at radius 3 is 2.71 bits per heavy atom. The first-order chi connectivity index (χ1) is 10.1. The third kappa shape index (κ3) is 2.40. The Kier molecular flexibility index (Phi) is 3.43. The fourth-order valence-electron chi connectivity index (χ4n) is 2.99. The summed E-state index contributed by atoms with van der Waals surface area (Å²) in [6.07, 6.45) is 0.280. The van der Waals surface area contributed by atoms with Gasteiger partial charge in [-0.2, -0.15) is 4.39 Å². The van der Waals surface area contributed by atoms with Crippen molar-refractivity contribution in [1.82, 2.24) is 0 Å². The molecular formula is C16H14FNO3. The van der Waals surface area contributed by atoms with Gasteiger partial charge in [0.1, 0.15) is 0 Å². The van der Waals surface area contributed by atoms with Gasteiger partial charge in [0, 0.05) is 6.07 Å². The summed E-state index contributed by atoms with van der Waals surface area (Å²) in [4.78, 5) is 10.0. The van der Waals surface area contributed by atoms with Gasteiger partial charge in [-0.05, 0) is 35.4 Å². The fourth-order valence-corrected chi connectivity index (χ4v) is 2.99. The number of hydrogen-bond acceptors (Lipinski definition) is 3. The molecule has 1 aliphatic rings. The number of nitro groups is 1. The third-order valence-electron chi connectivity index (χ3n) is 4.04. The lowest BCUT2D eigenvalue weighted by molar-refractivity contribution is -0.387. The lowest BCUT2D eigenvalue weighted by Gasteiger charge is -2.15. The highest BCUT2D eigenvalue weighted by Gasteiger charge is 2.32. The van der Waals surface area contributed by atoms with Gasteiger partial charge >= 0.3 is 5.69 Å². The minimum absolute atomic E-state index is 0.154. The highest BCUT2D eigenvalue weighted by atomic mass is 19.1. The Bertz CT molecular complexity index is 702. The van der Waals surface area contributed by atoms with Crippen LogP contribution in [-0.4, -0.2) is 10.0 Å². The van der Waals surface area contributed by atoms with E-state index in [1.807, 2.05) is 24.3 Å². The number of nitro benzene ring substituents is 1. The van der Waals surface area contributed by atoms with E-state index in [4.69, 9.17) is 0 Å². The number of rotatable bonds is 3. The summed E-state index contributed by atoms with van der Waals surface area (Å²) in [7, 11) is 0. The molecular weight excluding hydrogens is 273 g/mol. The molecule has 0 bridgehead atoms. The van der Waals surface area contributed by atoms with E-state index in [-0.39, 0.29) is 17.9 Å². The van der Waals surface area contributed by atoms with Crippen LogP contribution in [0.2, 0.25) is 0 Å². The maximum absolute atomic E-state index is 14.1. The van der Waals surface area contributed by atoms with Crippen molar-refractivity contribution < 1.29 is 14.4 Å². The molecule has 0 radical (unpaired) electrons. The third-order valence-corrected chi connectivity index (χ3v) is 4.04. The minimum atomic E-state index is -0.800. The minimum Gasteiger partial charge on any atom is -0.388 e. The summed E-state index contributed by atoms with van der Waals surface area (Å²) >= 11 is 0. The monoisotopic (exact) mass is 287 g/mol. The molecule has 0 spiro atoms. The van der Waals surface area contributed by atoms with Crippen molar-refractivity contribution in [3.63, 3.8) is 0 Å². The molecule has 108 valence electrons. The van der Waals surface area contributed by atoms with Crippen molar-refractivity contribution in [3.05, 3.63) is 75.1 Å². The average molecular weight is 287 g/mol. The molecule has 2 unspecified atom stereocenters. The van der Waals surface area contributed by atoms with E-state index in [1.54, 1.807) is 0 Å². The van der Waals surface area contributed by atoms with Crippen molar-refractivity contribution in [1.29, 1.82) is 0 Å². The van der Waals surface area contributed by atoms with Gasteiger partial charge < -0.3 is 5.11 Å².